The van der Waals surface area contributed by atoms with Crippen LogP contribution in [0.5, 0.6) is 11.5 Å². The minimum atomic E-state index is 0.376. The molecule has 2 aromatic rings. The number of benzene rings is 1. The Balaban J connectivity index is 2.63. The molecule has 0 aliphatic rings. The van der Waals surface area contributed by atoms with E-state index in [4.69, 9.17) is 15.2 Å². The minimum Gasteiger partial charge on any atom is -0.497 e. The number of nitrogens with zero attached hydrogens (tertiary/aromatic N) is 2. The predicted octanol–water partition coefficient (Wildman–Crippen LogP) is 2.33. The van der Waals surface area contributed by atoms with Gasteiger partial charge in [-0.05, 0) is 34.1 Å². The molecule has 0 unspecified atom stereocenters. The molecule has 0 aliphatic heterocycles. The molecule has 0 atom stereocenters. The largest absolute Gasteiger partial charge is 0.497 e. The van der Waals surface area contributed by atoms with E-state index in [1.807, 2.05) is 29.8 Å². The fraction of sp³-hybridized carbons (Fsp3) is 0.308. The standard InChI is InChI=1S/C13H16BrN3O2/c1-17-11(7-15)16-12(13(17)14)9-6-8(18-2)4-5-10(9)19-3/h4-6H,7,15H2,1-3H3. The maximum absolute atomic E-state index is 5.68. The SMILES string of the molecule is COc1ccc(OC)c(-c2nc(CN)n(C)c2Br)c1. The third-order valence-corrected chi connectivity index (χ3v) is 3.87. The number of aromatic nitrogens is 2. The summed E-state index contributed by atoms with van der Waals surface area (Å²) < 4.78 is 13.4. The lowest BCUT2D eigenvalue weighted by molar-refractivity contribution is 0.404. The van der Waals surface area contributed by atoms with E-state index >= 15 is 0 Å². The summed E-state index contributed by atoms with van der Waals surface area (Å²) in [6.45, 7) is 0.376. The van der Waals surface area contributed by atoms with E-state index in [1.165, 1.54) is 0 Å². The first kappa shape index (κ1) is 13.9. The van der Waals surface area contributed by atoms with E-state index in [-0.39, 0.29) is 0 Å². The molecular weight excluding hydrogens is 310 g/mol. The lowest BCUT2D eigenvalue weighted by Crippen LogP contribution is -2.04. The van der Waals surface area contributed by atoms with Crippen LogP contribution in [0.25, 0.3) is 11.3 Å². The van der Waals surface area contributed by atoms with Crippen molar-refractivity contribution < 1.29 is 9.47 Å². The van der Waals surface area contributed by atoms with Gasteiger partial charge in [-0.1, -0.05) is 0 Å². The summed E-state index contributed by atoms with van der Waals surface area (Å²) in [6.07, 6.45) is 0. The number of halogens is 1. The van der Waals surface area contributed by atoms with Crippen molar-refractivity contribution in [1.29, 1.82) is 0 Å². The highest BCUT2D eigenvalue weighted by molar-refractivity contribution is 9.10. The Morgan fingerprint density at radius 1 is 1.32 bits per heavy atom. The molecule has 1 heterocycles. The summed E-state index contributed by atoms with van der Waals surface area (Å²) in [6, 6.07) is 5.60. The predicted molar refractivity (Wildman–Crippen MR) is 77.3 cm³/mol. The van der Waals surface area contributed by atoms with Crippen LogP contribution < -0.4 is 15.2 Å². The number of methoxy groups -OCH3 is 2. The van der Waals surface area contributed by atoms with Crippen LogP contribution in [-0.2, 0) is 13.6 Å². The van der Waals surface area contributed by atoms with Gasteiger partial charge in [0.2, 0.25) is 0 Å². The zero-order valence-corrected chi connectivity index (χ0v) is 12.7. The third-order valence-electron chi connectivity index (χ3n) is 2.96. The number of hydrogen-bond acceptors (Lipinski definition) is 4. The number of ether oxygens (including phenoxy) is 2. The van der Waals surface area contributed by atoms with Crippen LogP contribution in [0.3, 0.4) is 0 Å². The van der Waals surface area contributed by atoms with Gasteiger partial charge < -0.3 is 19.8 Å². The van der Waals surface area contributed by atoms with Gasteiger partial charge in [-0.15, -0.1) is 0 Å². The Hall–Kier alpha value is -1.53. The van der Waals surface area contributed by atoms with E-state index in [1.54, 1.807) is 14.2 Å². The van der Waals surface area contributed by atoms with Crippen molar-refractivity contribution in [2.75, 3.05) is 14.2 Å². The van der Waals surface area contributed by atoms with Gasteiger partial charge in [0.15, 0.2) is 0 Å². The van der Waals surface area contributed by atoms with Crippen LogP contribution in [0.2, 0.25) is 0 Å². The molecule has 0 spiro atoms. The Morgan fingerprint density at radius 2 is 2.05 bits per heavy atom. The first-order valence-corrected chi connectivity index (χ1v) is 6.55. The first-order valence-electron chi connectivity index (χ1n) is 5.76. The van der Waals surface area contributed by atoms with Gasteiger partial charge in [-0.3, -0.25) is 0 Å². The van der Waals surface area contributed by atoms with Gasteiger partial charge in [0.05, 0.1) is 20.8 Å². The summed E-state index contributed by atoms with van der Waals surface area (Å²) in [4.78, 5) is 4.54. The van der Waals surface area contributed by atoms with Crippen LogP contribution in [0, 0.1) is 0 Å². The Kier molecular flexibility index (Phi) is 4.11. The summed E-state index contributed by atoms with van der Waals surface area (Å²) >= 11 is 3.54. The van der Waals surface area contributed by atoms with Gasteiger partial charge in [0, 0.05) is 12.6 Å². The molecule has 2 rings (SSSR count). The van der Waals surface area contributed by atoms with E-state index in [9.17, 15) is 0 Å². The lowest BCUT2D eigenvalue weighted by atomic mass is 10.1. The van der Waals surface area contributed by atoms with Crippen molar-refractivity contribution in [1.82, 2.24) is 9.55 Å². The van der Waals surface area contributed by atoms with Crippen LogP contribution in [-0.4, -0.2) is 23.8 Å². The van der Waals surface area contributed by atoms with Crippen molar-refractivity contribution in [3.63, 3.8) is 0 Å². The highest BCUT2D eigenvalue weighted by Crippen LogP contribution is 2.36. The second-order valence-corrected chi connectivity index (χ2v) is 4.75. The summed E-state index contributed by atoms with van der Waals surface area (Å²) in [5.41, 5.74) is 7.33. The highest BCUT2D eigenvalue weighted by Gasteiger charge is 2.17. The van der Waals surface area contributed by atoms with Crippen LogP contribution in [0.15, 0.2) is 22.8 Å². The molecule has 102 valence electrons. The summed E-state index contributed by atoms with van der Waals surface area (Å²) in [5, 5.41) is 0. The van der Waals surface area contributed by atoms with E-state index in [0.29, 0.717) is 6.54 Å². The molecule has 0 saturated carbocycles. The lowest BCUT2D eigenvalue weighted by Gasteiger charge is -2.09. The third kappa shape index (κ3) is 2.46. The quantitative estimate of drug-likeness (QED) is 0.937. The molecular formula is C13H16BrN3O2. The molecule has 0 fully saturated rings. The van der Waals surface area contributed by atoms with Crippen molar-refractivity contribution in [2.24, 2.45) is 12.8 Å². The molecule has 0 radical (unpaired) electrons. The van der Waals surface area contributed by atoms with E-state index in [0.717, 1.165) is 33.2 Å². The average Bonchev–Trinajstić information content (AvgIpc) is 2.74. The average molecular weight is 326 g/mol. The highest BCUT2D eigenvalue weighted by atomic mass is 79.9. The first-order chi connectivity index (χ1) is 9.12. The molecule has 1 aromatic heterocycles. The Labute approximate surface area is 120 Å². The van der Waals surface area contributed by atoms with Gasteiger partial charge >= 0.3 is 0 Å². The second-order valence-electron chi connectivity index (χ2n) is 4.00. The number of hydrogen-bond donors (Lipinski definition) is 1. The number of nitrogens with two attached hydrogens (primary N) is 1. The Morgan fingerprint density at radius 3 is 2.58 bits per heavy atom. The zero-order valence-electron chi connectivity index (χ0n) is 11.1. The molecule has 5 nitrogen and oxygen atoms in total. The monoisotopic (exact) mass is 325 g/mol. The van der Waals surface area contributed by atoms with E-state index in [2.05, 4.69) is 20.9 Å². The summed E-state index contributed by atoms with van der Waals surface area (Å²) in [7, 11) is 5.17. The maximum atomic E-state index is 5.68. The van der Waals surface area contributed by atoms with Gasteiger partial charge in [0.25, 0.3) is 0 Å². The molecule has 6 heteroatoms. The molecule has 0 aliphatic carbocycles. The molecule has 0 amide bonds. The zero-order chi connectivity index (χ0) is 14.0. The fourth-order valence-electron chi connectivity index (χ4n) is 1.88. The maximum Gasteiger partial charge on any atom is 0.128 e. The Bertz CT molecular complexity index is 596. The molecule has 1 aromatic carbocycles. The molecule has 19 heavy (non-hydrogen) atoms. The van der Waals surface area contributed by atoms with Crippen LogP contribution >= 0.6 is 15.9 Å². The topological polar surface area (TPSA) is 62.3 Å². The fourth-order valence-corrected chi connectivity index (χ4v) is 2.38. The second kappa shape index (κ2) is 5.63. The normalized spacial score (nSPS) is 10.6. The molecule has 0 bridgehead atoms. The van der Waals surface area contributed by atoms with E-state index < -0.39 is 0 Å². The minimum absolute atomic E-state index is 0.376. The van der Waals surface area contributed by atoms with Crippen molar-refractivity contribution in [3.05, 3.63) is 28.6 Å². The van der Waals surface area contributed by atoms with Crippen LogP contribution in [0.4, 0.5) is 0 Å². The molecule has 0 saturated heterocycles. The van der Waals surface area contributed by atoms with Gasteiger partial charge in [-0.25, -0.2) is 4.98 Å². The number of rotatable bonds is 4. The van der Waals surface area contributed by atoms with Gasteiger partial charge in [-0.2, -0.15) is 0 Å². The van der Waals surface area contributed by atoms with Crippen molar-refractivity contribution >= 4 is 15.9 Å². The number of imidazole rings is 1. The van der Waals surface area contributed by atoms with Gasteiger partial charge in [0.1, 0.15) is 27.6 Å². The summed E-state index contributed by atoms with van der Waals surface area (Å²) in [5.74, 6) is 2.29. The smallest absolute Gasteiger partial charge is 0.128 e. The van der Waals surface area contributed by atoms with Crippen molar-refractivity contribution in [2.45, 2.75) is 6.54 Å². The molecule has 2 N–H and O–H groups in total. The van der Waals surface area contributed by atoms with Crippen LogP contribution in [0.1, 0.15) is 5.82 Å². The van der Waals surface area contributed by atoms with Crippen molar-refractivity contribution in [3.8, 4) is 22.8 Å².